The van der Waals surface area contributed by atoms with Crippen LogP contribution in [-0.4, -0.2) is 5.78 Å². The van der Waals surface area contributed by atoms with Gasteiger partial charge in [-0.25, -0.2) is 0 Å². The zero-order valence-electron chi connectivity index (χ0n) is 6.55. The molecule has 1 aromatic carbocycles. The summed E-state index contributed by atoms with van der Waals surface area (Å²) >= 11 is 7.98. The fourth-order valence-electron chi connectivity index (χ4n) is 0.851. The van der Waals surface area contributed by atoms with Crippen LogP contribution in [0.15, 0.2) is 30.3 Å². The highest BCUT2D eigenvalue weighted by Gasteiger charge is 2.30. The number of hydrogen-bond acceptors (Lipinski definition) is 1. The van der Waals surface area contributed by atoms with Gasteiger partial charge in [-0.05, 0) is 35.1 Å². The van der Waals surface area contributed by atoms with Crippen LogP contribution in [0.5, 0.6) is 0 Å². The number of Topliss-reactive ketones (excluding diaryl/α,β-unsaturated/α-hetero) is 1. The van der Waals surface area contributed by atoms with Crippen LogP contribution in [-0.2, 0) is 7.68 Å². The molecule has 0 aliphatic rings. The lowest BCUT2D eigenvalue weighted by Crippen LogP contribution is -2.19. The Labute approximate surface area is 90.3 Å². The molecule has 0 saturated heterocycles. The first-order chi connectivity index (χ1) is 5.55. The molecule has 0 N–H and O–H groups in total. The Morgan fingerprint density at radius 2 is 1.92 bits per heavy atom. The average molecular weight is 295 g/mol. The van der Waals surface area contributed by atoms with Crippen molar-refractivity contribution in [2.75, 3.05) is 0 Å². The summed E-state index contributed by atoms with van der Waals surface area (Å²) in [5.41, 5.74) is 0.833. The van der Waals surface area contributed by atoms with Crippen molar-refractivity contribution >= 4 is 40.0 Å². The van der Waals surface area contributed by atoms with Gasteiger partial charge in [0, 0.05) is 0 Å². The van der Waals surface area contributed by atoms with Gasteiger partial charge in [0.2, 0.25) is 0 Å². The summed E-state index contributed by atoms with van der Waals surface area (Å²) < 4.78 is -0.904. The van der Waals surface area contributed by atoms with Gasteiger partial charge in [0.15, 0.2) is 8.66 Å². The molecule has 12 heavy (non-hydrogen) atoms. The van der Waals surface area contributed by atoms with Crippen LogP contribution in [0.4, 0.5) is 0 Å². The summed E-state index contributed by atoms with van der Waals surface area (Å²) in [5.74, 6) is -0.0454. The van der Waals surface area contributed by atoms with E-state index in [-0.39, 0.29) is 5.78 Å². The first-order valence-electron chi connectivity index (χ1n) is 3.49. The highest BCUT2D eigenvalue weighted by atomic mass is 127. The van der Waals surface area contributed by atoms with Gasteiger partial charge in [-0.3, -0.25) is 4.79 Å². The van der Waals surface area contributed by atoms with Crippen molar-refractivity contribution < 1.29 is 4.79 Å². The van der Waals surface area contributed by atoms with Crippen LogP contribution in [0.1, 0.15) is 12.5 Å². The lowest BCUT2D eigenvalue weighted by molar-refractivity contribution is -0.117. The van der Waals surface area contributed by atoms with E-state index in [1.165, 1.54) is 6.92 Å². The summed E-state index contributed by atoms with van der Waals surface area (Å²) in [4.78, 5) is 11.1. The number of benzene rings is 1. The molecule has 1 rings (SSSR count). The van der Waals surface area contributed by atoms with Crippen LogP contribution in [0.2, 0.25) is 0 Å². The zero-order valence-corrected chi connectivity index (χ0v) is 9.46. The van der Waals surface area contributed by atoms with Gasteiger partial charge >= 0.3 is 0 Å². The summed E-state index contributed by atoms with van der Waals surface area (Å²) in [6, 6.07) is 9.33. The summed E-state index contributed by atoms with van der Waals surface area (Å²) in [6.45, 7) is 1.49. The van der Waals surface area contributed by atoms with Crippen LogP contribution in [0.3, 0.4) is 0 Å². The Bertz CT molecular complexity index is 282. The summed E-state index contributed by atoms with van der Waals surface area (Å²) in [6.07, 6.45) is 0. The normalized spacial score (nSPS) is 15.2. The Balaban J connectivity index is 3.06. The third-order valence-electron chi connectivity index (χ3n) is 1.58. The van der Waals surface area contributed by atoms with Gasteiger partial charge in [-0.1, -0.05) is 41.9 Å². The van der Waals surface area contributed by atoms with Crippen LogP contribution in [0.25, 0.3) is 0 Å². The third kappa shape index (κ3) is 1.98. The minimum Gasteiger partial charge on any atom is -0.297 e. The third-order valence-corrected chi connectivity index (χ3v) is 3.45. The Hall–Kier alpha value is -0.0900. The summed E-state index contributed by atoms with van der Waals surface area (Å²) in [5, 5.41) is 0. The number of hydrogen-bond donors (Lipinski definition) is 0. The van der Waals surface area contributed by atoms with Gasteiger partial charge < -0.3 is 0 Å². The number of carbonyl (C=O) groups excluding carboxylic acids is 1. The quantitative estimate of drug-likeness (QED) is 0.605. The second-order valence-corrected chi connectivity index (χ2v) is 5.32. The molecule has 0 aliphatic carbocycles. The molecular formula is C9H8ClIO. The fraction of sp³-hybridized carbons (Fsp3) is 0.222. The topological polar surface area (TPSA) is 17.1 Å². The minimum atomic E-state index is -0.904. The van der Waals surface area contributed by atoms with Crippen molar-refractivity contribution in [3.05, 3.63) is 35.9 Å². The van der Waals surface area contributed by atoms with Gasteiger partial charge in [-0.15, -0.1) is 0 Å². The molecule has 1 nitrogen and oxygen atoms in total. The number of rotatable bonds is 2. The van der Waals surface area contributed by atoms with Crippen molar-refractivity contribution in [2.24, 2.45) is 0 Å². The highest BCUT2D eigenvalue weighted by Crippen LogP contribution is 2.37. The maximum atomic E-state index is 11.1. The van der Waals surface area contributed by atoms with E-state index in [0.717, 1.165) is 5.56 Å². The van der Waals surface area contributed by atoms with E-state index in [0.29, 0.717) is 0 Å². The molecule has 0 heterocycles. The van der Waals surface area contributed by atoms with Crippen molar-refractivity contribution in [1.82, 2.24) is 0 Å². The Kier molecular flexibility index (Phi) is 3.12. The molecular weight excluding hydrogens is 286 g/mol. The second kappa shape index (κ2) is 3.75. The van der Waals surface area contributed by atoms with Crippen molar-refractivity contribution in [3.8, 4) is 0 Å². The minimum absolute atomic E-state index is 0.0454. The van der Waals surface area contributed by atoms with Gasteiger partial charge in [-0.2, -0.15) is 0 Å². The smallest absolute Gasteiger partial charge is 0.178 e. The molecule has 1 unspecified atom stereocenters. The molecule has 0 fully saturated rings. The zero-order chi connectivity index (χ0) is 9.19. The van der Waals surface area contributed by atoms with E-state index in [4.69, 9.17) is 11.6 Å². The van der Waals surface area contributed by atoms with Crippen molar-refractivity contribution in [3.63, 3.8) is 0 Å². The van der Waals surface area contributed by atoms with E-state index in [9.17, 15) is 4.79 Å². The molecule has 64 valence electrons. The summed E-state index contributed by atoms with van der Waals surface area (Å²) in [7, 11) is 0. The van der Waals surface area contributed by atoms with Crippen LogP contribution < -0.4 is 0 Å². The van der Waals surface area contributed by atoms with Crippen LogP contribution in [0, 0.1) is 0 Å². The number of halogens is 2. The molecule has 0 bridgehead atoms. The lowest BCUT2D eigenvalue weighted by Gasteiger charge is -2.16. The molecule has 0 amide bonds. The molecule has 0 saturated carbocycles. The first-order valence-corrected chi connectivity index (χ1v) is 4.95. The SMILES string of the molecule is CC(=O)C(Cl)(I)c1ccccc1. The van der Waals surface area contributed by atoms with E-state index >= 15 is 0 Å². The Morgan fingerprint density at radius 3 is 2.33 bits per heavy atom. The van der Waals surface area contributed by atoms with Gasteiger partial charge in [0.25, 0.3) is 0 Å². The van der Waals surface area contributed by atoms with E-state index < -0.39 is 2.88 Å². The predicted octanol–water partition coefficient (Wildman–Crippen LogP) is 3.10. The maximum Gasteiger partial charge on any atom is 0.178 e. The average Bonchev–Trinajstić information content (AvgIpc) is 2.06. The lowest BCUT2D eigenvalue weighted by atomic mass is 10.1. The monoisotopic (exact) mass is 294 g/mol. The molecule has 1 atom stereocenters. The molecule has 0 aromatic heterocycles. The predicted molar refractivity (Wildman–Crippen MR) is 58.7 cm³/mol. The van der Waals surface area contributed by atoms with E-state index in [1.54, 1.807) is 0 Å². The maximum absolute atomic E-state index is 11.1. The number of ketones is 1. The largest absolute Gasteiger partial charge is 0.297 e. The Morgan fingerprint density at radius 1 is 1.42 bits per heavy atom. The van der Waals surface area contributed by atoms with Gasteiger partial charge in [0.1, 0.15) is 0 Å². The molecule has 1 aromatic rings. The van der Waals surface area contributed by atoms with Crippen LogP contribution >= 0.6 is 34.2 Å². The molecule has 0 radical (unpaired) electrons. The van der Waals surface area contributed by atoms with E-state index in [1.807, 2.05) is 52.9 Å². The first kappa shape index (κ1) is 9.99. The number of alkyl halides is 2. The van der Waals surface area contributed by atoms with Gasteiger partial charge in [0.05, 0.1) is 0 Å². The standard InChI is InChI=1S/C9H8ClIO/c1-7(12)9(10,11)8-5-3-2-4-6-8/h2-6H,1H3. The van der Waals surface area contributed by atoms with Crippen molar-refractivity contribution in [2.45, 2.75) is 9.80 Å². The highest BCUT2D eigenvalue weighted by molar-refractivity contribution is 14.1. The fourth-order valence-corrected chi connectivity index (χ4v) is 1.34. The van der Waals surface area contributed by atoms with E-state index in [2.05, 4.69) is 0 Å². The molecule has 0 aliphatic heterocycles. The molecule has 0 spiro atoms. The second-order valence-electron chi connectivity index (χ2n) is 2.50. The molecule has 3 heteroatoms. The van der Waals surface area contributed by atoms with Crippen molar-refractivity contribution in [1.29, 1.82) is 0 Å². The number of carbonyl (C=O) groups is 1.